The standard InChI is InChI=1S/C19H26N2O2/c1-4-22-18-10-6-5-8-15(18)13-21-11-7-9-17(21)19-12-16(14(2)3)20-23-19/h5-6,8,10,12,14,17H,4,7,9,11,13H2,1-3H3. The molecule has 1 aliphatic rings. The summed E-state index contributed by atoms with van der Waals surface area (Å²) in [6.45, 7) is 8.98. The molecule has 0 spiro atoms. The summed E-state index contributed by atoms with van der Waals surface area (Å²) < 4.78 is 11.4. The topological polar surface area (TPSA) is 38.5 Å². The highest BCUT2D eigenvalue weighted by atomic mass is 16.5. The molecule has 4 nitrogen and oxygen atoms in total. The van der Waals surface area contributed by atoms with E-state index in [1.54, 1.807) is 0 Å². The van der Waals surface area contributed by atoms with E-state index in [0.717, 1.165) is 36.7 Å². The third-order valence-corrected chi connectivity index (χ3v) is 4.48. The fraction of sp³-hybridized carbons (Fsp3) is 0.526. The van der Waals surface area contributed by atoms with Gasteiger partial charge in [0.05, 0.1) is 18.3 Å². The lowest BCUT2D eigenvalue weighted by atomic mass is 10.1. The molecule has 1 aromatic carbocycles. The lowest BCUT2D eigenvalue weighted by Gasteiger charge is -2.23. The summed E-state index contributed by atoms with van der Waals surface area (Å²) in [7, 11) is 0. The number of benzene rings is 1. The van der Waals surface area contributed by atoms with Crippen molar-refractivity contribution in [2.45, 2.75) is 52.1 Å². The summed E-state index contributed by atoms with van der Waals surface area (Å²) in [6.07, 6.45) is 2.32. The van der Waals surface area contributed by atoms with Crippen LogP contribution in [0, 0.1) is 0 Å². The first-order chi connectivity index (χ1) is 11.2. The molecule has 0 radical (unpaired) electrons. The maximum atomic E-state index is 5.76. The van der Waals surface area contributed by atoms with Gasteiger partial charge in [0.25, 0.3) is 0 Å². The molecule has 1 aliphatic heterocycles. The Morgan fingerprint density at radius 3 is 2.91 bits per heavy atom. The Morgan fingerprint density at radius 2 is 2.17 bits per heavy atom. The van der Waals surface area contributed by atoms with Crippen LogP contribution in [0.3, 0.4) is 0 Å². The van der Waals surface area contributed by atoms with Gasteiger partial charge in [0, 0.05) is 18.2 Å². The van der Waals surface area contributed by atoms with Crippen LogP contribution in [-0.2, 0) is 6.54 Å². The van der Waals surface area contributed by atoms with Gasteiger partial charge < -0.3 is 9.26 Å². The van der Waals surface area contributed by atoms with E-state index in [1.165, 1.54) is 12.0 Å². The first-order valence-corrected chi connectivity index (χ1v) is 8.60. The maximum absolute atomic E-state index is 5.76. The van der Waals surface area contributed by atoms with Crippen LogP contribution in [0.5, 0.6) is 5.75 Å². The fourth-order valence-corrected chi connectivity index (χ4v) is 3.22. The second-order valence-electron chi connectivity index (χ2n) is 6.48. The van der Waals surface area contributed by atoms with Gasteiger partial charge in [0.1, 0.15) is 5.75 Å². The van der Waals surface area contributed by atoms with Crippen LogP contribution in [0.2, 0.25) is 0 Å². The van der Waals surface area contributed by atoms with E-state index >= 15 is 0 Å². The van der Waals surface area contributed by atoms with Gasteiger partial charge in [0.15, 0.2) is 5.76 Å². The van der Waals surface area contributed by atoms with Gasteiger partial charge in [0.2, 0.25) is 0 Å². The summed E-state index contributed by atoms with van der Waals surface area (Å²) in [5.74, 6) is 2.39. The highest BCUT2D eigenvalue weighted by molar-refractivity contribution is 5.33. The van der Waals surface area contributed by atoms with Gasteiger partial charge in [-0.25, -0.2) is 0 Å². The third kappa shape index (κ3) is 3.58. The minimum Gasteiger partial charge on any atom is -0.494 e. The molecule has 2 heterocycles. The molecular formula is C19H26N2O2. The maximum Gasteiger partial charge on any atom is 0.154 e. The van der Waals surface area contributed by atoms with E-state index in [4.69, 9.17) is 9.26 Å². The predicted octanol–water partition coefficient (Wildman–Crippen LogP) is 4.53. The van der Waals surface area contributed by atoms with Crippen LogP contribution in [0.25, 0.3) is 0 Å². The minimum absolute atomic E-state index is 0.324. The molecule has 124 valence electrons. The van der Waals surface area contributed by atoms with Crippen molar-refractivity contribution in [3.8, 4) is 5.75 Å². The van der Waals surface area contributed by atoms with E-state index in [9.17, 15) is 0 Å². The van der Waals surface area contributed by atoms with Crippen LogP contribution >= 0.6 is 0 Å². The number of hydrogen-bond acceptors (Lipinski definition) is 4. The van der Waals surface area contributed by atoms with Crippen molar-refractivity contribution in [2.24, 2.45) is 0 Å². The Kier molecular flexibility index (Phi) is 5.01. The van der Waals surface area contributed by atoms with Crippen LogP contribution in [0.4, 0.5) is 0 Å². The van der Waals surface area contributed by atoms with E-state index < -0.39 is 0 Å². The molecule has 0 aliphatic carbocycles. The van der Waals surface area contributed by atoms with Crippen molar-refractivity contribution in [1.29, 1.82) is 0 Å². The molecule has 4 heteroatoms. The molecule has 2 aromatic rings. The fourth-order valence-electron chi connectivity index (χ4n) is 3.22. The summed E-state index contributed by atoms with van der Waals surface area (Å²) in [4.78, 5) is 2.47. The van der Waals surface area contributed by atoms with Crippen molar-refractivity contribution in [1.82, 2.24) is 10.1 Å². The first kappa shape index (κ1) is 16.1. The monoisotopic (exact) mass is 314 g/mol. The van der Waals surface area contributed by atoms with E-state index in [-0.39, 0.29) is 0 Å². The van der Waals surface area contributed by atoms with Gasteiger partial charge in [-0.1, -0.05) is 37.2 Å². The lowest BCUT2D eigenvalue weighted by Crippen LogP contribution is -2.22. The van der Waals surface area contributed by atoms with Gasteiger partial charge >= 0.3 is 0 Å². The molecule has 0 N–H and O–H groups in total. The summed E-state index contributed by atoms with van der Waals surface area (Å²) >= 11 is 0. The van der Waals surface area contributed by atoms with Crippen LogP contribution in [0.15, 0.2) is 34.9 Å². The number of aromatic nitrogens is 1. The number of likely N-dealkylation sites (tertiary alicyclic amines) is 1. The average Bonchev–Trinajstić information content (AvgIpc) is 3.18. The molecule has 0 amide bonds. The van der Waals surface area contributed by atoms with Gasteiger partial charge in [-0.3, -0.25) is 4.90 Å². The molecule has 3 rings (SSSR count). The van der Waals surface area contributed by atoms with Crippen molar-refractivity contribution in [2.75, 3.05) is 13.2 Å². The van der Waals surface area contributed by atoms with Gasteiger partial charge in [-0.05, 0) is 38.3 Å². The quantitative estimate of drug-likeness (QED) is 0.785. The number of ether oxygens (including phenoxy) is 1. The molecule has 1 atom stereocenters. The van der Waals surface area contributed by atoms with Crippen LogP contribution in [-0.4, -0.2) is 23.2 Å². The van der Waals surface area contributed by atoms with Crippen molar-refractivity contribution < 1.29 is 9.26 Å². The Hall–Kier alpha value is -1.81. The summed E-state index contributed by atoms with van der Waals surface area (Å²) in [5, 5.41) is 4.22. The molecule has 1 fully saturated rings. The Labute approximate surface area is 138 Å². The number of para-hydroxylation sites is 1. The molecule has 1 aromatic heterocycles. The van der Waals surface area contributed by atoms with Gasteiger partial charge in [-0.2, -0.15) is 0 Å². The Morgan fingerprint density at radius 1 is 1.35 bits per heavy atom. The number of nitrogens with zero attached hydrogens (tertiary/aromatic N) is 2. The van der Waals surface area contributed by atoms with E-state index in [0.29, 0.717) is 18.6 Å². The minimum atomic E-state index is 0.324. The molecule has 23 heavy (non-hydrogen) atoms. The Balaban J connectivity index is 1.76. The molecule has 0 bridgehead atoms. The van der Waals surface area contributed by atoms with Crippen LogP contribution in [0.1, 0.15) is 62.6 Å². The molecule has 1 saturated heterocycles. The number of hydrogen-bond donors (Lipinski definition) is 0. The zero-order valence-corrected chi connectivity index (χ0v) is 14.3. The summed E-state index contributed by atoms with van der Waals surface area (Å²) in [6, 6.07) is 10.8. The molecular weight excluding hydrogens is 288 g/mol. The zero-order valence-electron chi connectivity index (χ0n) is 14.3. The van der Waals surface area contributed by atoms with E-state index in [2.05, 4.69) is 48.2 Å². The highest BCUT2D eigenvalue weighted by Crippen LogP contribution is 2.35. The normalized spacial score (nSPS) is 18.7. The smallest absolute Gasteiger partial charge is 0.154 e. The predicted molar refractivity (Wildman–Crippen MR) is 90.6 cm³/mol. The first-order valence-electron chi connectivity index (χ1n) is 8.60. The van der Waals surface area contributed by atoms with Gasteiger partial charge in [-0.15, -0.1) is 0 Å². The highest BCUT2D eigenvalue weighted by Gasteiger charge is 2.30. The second kappa shape index (κ2) is 7.18. The SMILES string of the molecule is CCOc1ccccc1CN1CCCC1c1cc(C(C)C)no1. The zero-order chi connectivity index (χ0) is 16.2. The van der Waals surface area contributed by atoms with Crippen molar-refractivity contribution >= 4 is 0 Å². The van der Waals surface area contributed by atoms with Crippen LogP contribution < -0.4 is 4.74 Å². The third-order valence-electron chi connectivity index (χ3n) is 4.48. The van der Waals surface area contributed by atoms with Crippen molar-refractivity contribution in [3.05, 3.63) is 47.3 Å². The second-order valence-corrected chi connectivity index (χ2v) is 6.48. The largest absolute Gasteiger partial charge is 0.494 e. The molecule has 1 unspecified atom stereocenters. The van der Waals surface area contributed by atoms with Crippen molar-refractivity contribution in [3.63, 3.8) is 0 Å². The molecule has 0 saturated carbocycles. The summed E-state index contributed by atoms with van der Waals surface area (Å²) in [5.41, 5.74) is 2.28. The lowest BCUT2D eigenvalue weighted by molar-refractivity contribution is 0.203. The Bertz CT molecular complexity index is 636. The average molecular weight is 314 g/mol. The van der Waals surface area contributed by atoms with E-state index in [1.807, 2.05) is 13.0 Å². The number of rotatable bonds is 6.